The minimum Gasteiger partial charge on any atom is -0.506 e. The summed E-state index contributed by atoms with van der Waals surface area (Å²) < 4.78 is 4.51. The topological polar surface area (TPSA) is 106 Å². The number of carbonyl (C=O) groups excluding carboxylic acids is 1. The number of aliphatic hydroxyl groups is 1. The lowest BCUT2D eigenvalue weighted by atomic mass is 9.98. The number of aliphatic hydroxyl groups excluding tert-OH is 1. The van der Waals surface area contributed by atoms with Crippen LogP contribution >= 0.6 is 12.4 Å². The quantitative estimate of drug-likeness (QED) is 0.695. The Balaban J connectivity index is 0.00000289. The Morgan fingerprint density at radius 2 is 2.22 bits per heavy atom. The number of aromatic nitrogens is 1. The van der Waals surface area contributed by atoms with Crippen LogP contribution in [0.5, 0.6) is 5.75 Å². The van der Waals surface area contributed by atoms with E-state index in [0.29, 0.717) is 16.8 Å². The minimum absolute atomic E-state index is 0. The molecule has 0 aliphatic rings. The lowest BCUT2D eigenvalue weighted by Crippen LogP contribution is -2.18. The van der Waals surface area contributed by atoms with Crippen molar-refractivity contribution in [3.63, 3.8) is 0 Å². The molecule has 102 valence electrons. The molecule has 6 nitrogen and oxygen atoms in total. The predicted octanol–water partition coefficient (Wildman–Crippen LogP) is 0.573. The van der Waals surface area contributed by atoms with Crippen molar-refractivity contribution >= 4 is 18.4 Å². The van der Waals surface area contributed by atoms with Gasteiger partial charge < -0.3 is 20.7 Å². The Bertz CT molecular complexity index is 426. The van der Waals surface area contributed by atoms with Gasteiger partial charge in [-0.3, -0.25) is 9.78 Å². The van der Waals surface area contributed by atoms with Crippen LogP contribution in [0.1, 0.15) is 29.3 Å². The number of hydrogen-bond donors (Lipinski definition) is 3. The summed E-state index contributed by atoms with van der Waals surface area (Å²) in [7, 11) is 1.26. The lowest BCUT2D eigenvalue weighted by molar-refractivity contribution is -0.141. The molecule has 0 unspecified atom stereocenters. The molecule has 0 aliphatic heterocycles. The highest BCUT2D eigenvalue weighted by Gasteiger charge is 2.20. The van der Waals surface area contributed by atoms with Gasteiger partial charge in [0.25, 0.3) is 0 Å². The first-order chi connectivity index (χ1) is 8.01. The van der Waals surface area contributed by atoms with Gasteiger partial charge in [-0.05, 0) is 6.92 Å². The number of ether oxygens (including phenoxy) is 1. The number of aryl methyl sites for hydroxylation is 1. The zero-order valence-electron chi connectivity index (χ0n) is 10.2. The van der Waals surface area contributed by atoms with Crippen molar-refractivity contribution in [3.05, 3.63) is 23.0 Å². The molecule has 18 heavy (non-hydrogen) atoms. The number of carbonyl (C=O) groups is 1. The predicted molar refractivity (Wildman–Crippen MR) is 67.4 cm³/mol. The molecule has 1 aromatic heterocycles. The molecule has 1 rings (SSSR count). The molecule has 7 heteroatoms. The minimum atomic E-state index is -0.730. The molecule has 0 amide bonds. The van der Waals surface area contributed by atoms with Crippen molar-refractivity contribution in [2.45, 2.75) is 26.0 Å². The van der Waals surface area contributed by atoms with Crippen LogP contribution in [0.3, 0.4) is 0 Å². The third-order valence-electron chi connectivity index (χ3n) is 2.51. The molecule has 0 fully saturated rings. The Morgan fingerprint density at radius 3 is 2.72 bits per heavy atom. The second-order valence-electron chi connectivity index (χ2n) is 3.68. The summed E-state index contributed by atoms with van der Waals surface area (Å²) in [5, 5.41) is 19.0. The van der Waals surface area contributed by atoms with Gasteiger partial charge in [0.1, 0.15) is 5.75 Å². The third kappa shape index (κ3) is 3.56. The lowest BCUT2D eigenvalue weighted by Gasteiger charge is -2.16. The van der Waals surface area contributed by atoms with E-state index >= 15 is 0 Å². The summed E-state index contributed by atoms with van der Waals surface area (Å²) in [6, 6.07) is -0.730. The van der Waals surface area contributed by atoms with Crippen molar-refractivity contribution in [1.82, 2.24) is 4.98 Å². The number of esters is 1. The smallest absolute Gasteiger partial charge is 0.307 e. The number of methoxy groups -OCH3 is 1. The summed E-state index contributed by atoms with van der Waals surface area (Å²) in [5.41, 5.74) is 6.96. The fourth-order valence-corrected chi connectivity index (χ4v) is 1.56. The van der Waals surface area contributed by atoms with Crippen molar-refractivity contribution in [1.29, 1.82) is 0 Å². The molecule has 0 aliphatic carbocycles. The van der Waals surface area contributed by atoms with Crippen LogP contribution in [0.25, 0.3) is 0 Å². The largest absolute Gasteiger partial charge is 0.506 e. The molecule has 0 saturated heterocycles. The van der Waals surface area contributed by atoms with Gasteiger partial charge in [0.05, 0.1) is 25.8 Å². The van der Waals surface area contributed by atoms with Crippen LogP contribution in [-0.4, -0.2) is 28.3 Å². The summed E-state index contributed by atoms with van der Waals surface area (Å²) in [5.74, 6) is -0.566. The Labute approximate surface area is 111 Å². The summed E-state index contributed by atoms with van der Waals surface area (Å²) >= 11 is 0. The van der Waals surface area contributed by atoms with Crippen LogP contribution < -0.4 is 5.73 Å². The highest BCUT2D eigenvalue weighted by atomic mass is 35.5. The number of pyridine rings is 1. The molecule has 1 aromatic rings. The number of halogens is 1. The Kier molecular flexibility index (Phi) is 6.61. The second-order valence-corrected chi connectivity index (χ2v) is 3.68. The average molecular weight is 277 g/mol. The molecule has 0 aromatic carbocycles. The first-order valence-electron chi connectivity index (χ1n) is 5.11. The highest BCUT2D eigenvalue weighted by molar-refractivity contribution is 5.85. The van der Waals surface area contributed by atoms with E-state index in [1.807, 2.05) is 0 Å². The van der Waals surface area contributed by atoms with Gasteiger partial charge >= 0.3 is 5.97 Å². The van der Waals surface area contributed by atoms with E-state index in [0.717, 1.165) is 0 Å². The molecule has 4 N–H and O–H groups in total. The SMILES string of the molecule is COC(=O)C[C@@H](N)c1c(CO)cnc(C)c1O.Cl. The molecule has 0 saturated carbocycles. The normalized spacial score (nSPS) is 11.6. The van der Waals surface area contributed by atoms with E-state index in [4.69, 9.17) is 10.8 Å². The molecule has 0 radical (unpaired) electrons. The number of nitrogens with two attached hydrogens (primary N) is 1. The molecular weight excluding hydrogens is 260 g/mol. The number of hydrogen-bond acceptors (Lipinski definition) is 6. The fourth-order valence-electron chi connectivity index (χ4n) is 1.56. The van der Waals surface area contributed by atoms with Crippen LogP contribution in [0.2, 0.25) is 0 Å². The molecule has 1 heterocycles. The van der Waals surface area contributed by atoms with E-state index in [-0.39, 0.29) is 31.2 Å². The Morgan fingerprint density at radius 1 is 1.61 bits per heavy atom. The van der Waals surface area contributed by atoms with Crippen LogP contribution in [-0.2, 0) is 16.1 Å². The summed E-state index contributed by atoms with van der Waals surface area (Å²) in [4.78, 5) is 15.0. The van der Waals surface area contributed by atoms with E-state index in [1.54, 1.807) is 6.92 Å². The first-order valence-corrected chi connectivity index (χ1v) is 5.11. The number of aromatic hydroxyl groups is 1. The van der Waals surface area contributed by atoms with E-state index in [2.05, 4.69) is 9.72 Å². The van der Waals surface area contributed by atoms with Gasteiger partial charge in [-0.1, -0.05) is 0 Å². The van der Waals surface area contributed by atoms with Crippen molar-refractivity contribution < 1.29 is 19.7 Å². The van der Waals surface area contributed by atoms with E-state index < -0.39 is 12.0 Å². The average Bonchev–Trinajstić information content (AvgIpc) is 2.31. The van der Waals surface area contributed by atoms with Crippen molar-refractivity contribution in [2.75, 3.05) is 7.11 Å². The van der Waals surface area contributed by atoms with Crippen molar-refractivity contribution in [3.8, 4) is 5.75 Å². The summed E-state index contributed by atoms with van der Waals surface area (Å²) in [6.07, 6.45) is 1.36. The van der Waals surface area contributed by atoms with Gasteiger partial charge in [0.15, 0.2) is 0 Å². The van der Waals surface area contributed by atoms with Crippen LogP contribution in [0.4, 0.5) is 0 Å². The third-order valence-corrected chi connectivity index (χ3v) is 2.51. The maximum Gasteiger partial charge on any atom is 0.307 e. The fraction of sp³-hybridized carbons (Fsp3) is 0.455. The summed E-state index contributed by atoms with van der Waals surface area (Å²) in [6.45, 7) is 1.32. The first kappa shape index (κ1) is 16.6. The van der Waals surface area contributed by atoms with Gasteiger partial charge in [-0.2, -0.15) is 0 Å². The molecular formula is C11H17ClN2O4. The Hall–Kier alpha value is -1.37. The van der Waals surface area contributed by atoms with Gasteiger partial charge in [0, 0.05) is 23.4 Å². The standard InChI is InChI=1S/C11H16N2O4.ClH/c1-6-11(16)10(7(5-14)4-13-6)8(12)3-9(15)17-2;/h4,8,14,16H,3,5,12H2,1-2H3;1H/t8-;/m1./s1. The monoisotopic (exact) mass is 276 g/mol. The van der Waals surface area contributed by atoms with Gasteiger partial charge in [-0.15, -0.1) is 12.4 Å². The second kappa shape index (κ2) is 7.15. The van der Waals surface area contributed by atoms with Crippen molar-refractivity contribution in [2.24, 2.45) is 5.73 Å². The number of rotatable bonds is 4. The molecule has 0 bridgehead atoms. The van der Waals surface area contributed by atoms with Gasteiger partial charge in [0.2, 0.25) is 0 Å². The van der Waals surface area contributed by atoms with E-state index in [9.17, 15) is 9.90 Å². The maximum atomic E-state index is 11.1. The zero-order valence-corrected chi connectivity index (χ0v) is 11.0. The maximum absolute atomic E-state index is 11.1. The number of nitrogens with zero attached hydrogens (tertiary/aromatic N) is 1. The van der Waals surface area contributed by atoms with E-state index in [1.165, 1.54) is 13.3 Å². The molecule has 0 spiro atoms. The van der Waals surface area contributed by atoms with Crippen LogP contribution in [0.15, 0.2) is 6.20 Å². The highest BCUT2D eigenvalue weighted by Crippen LogP contribution is 2.30. The van der Waals surface area contributed by atoms with Gasteiger partial charge in [-0.25, -0.2) is 0 Å². The molecule has 1 atom stereocenters. The van der Waals surface area contributed by atoms with Crippen LogP contribution in [0, 0.1) is 6.92 Å². The zero-order chi connectivity index (χ0) is 13.0.